The number of nitrogens with one attached hydrogen (secondary N) is 11. The summed E-state index contributed by atoms with van der Waals surface area (Å²) in [5, 5.41) is 66.7. The van der Waals surface area contributed by atoms with Crippen LogP contribution in [0.3, 0.4) is 0 Å². The molecule has 4 rings (SSSR count). The predicted molar refractivity (Wildman–Crippen MR) is 411 cm³/mol. The molecule has 33 heteroatoms. The van der Waals surface area contributed by atoms with Crippen LogP contribution in [0.4, 0.5) is 0 Å². The molecule has 0 bridgehead atoms. The van der Waals surface area contributed by atoms with Crippen LogP contribution in [-0.2, 0) is 84.8 Å². The second-order valence-corrected chi connectivity index (χ2v) is 29.9. The molecule has 0 radical (unpaired) electrons. The Kier molecular flexibility index (Phi) is 40.8. The summed E-state index contributed by atoms with van der Waals surface area (Å²) in [6, 6.07) is 0.770. The largest absolute Gasteiger partial charge is 0.480 e. The van der Waals surface area contributed by atoms with Gasteiger partial charge in [-0.1, -0.05) is 161 Å². The second kappa shape index (κ2) is 48.6. The Morgan fingerprint density at radius 3 is 1.50 bits per heavy atom. The highest BCUT2D eigenvalue weighted by molar-refractivity contribution is 5.99. The maximum Gasteiger partial charge on any atom is 0.326 e. The molecule has 33 nitrogen and oxygen atoms in total. The summed E-state index contributed by atoms with van der Waals surface area (Å²) in [5.74, 6) is -13.7. The first-order chi connectivity index (χ1) is 52.6. The number of carbonyl (C=O) groups excluding carboxylic acids is 13. The quantitative estimate of drug-likeness (QED) is 0.0360. The zero-order chi connectivity index (χ0) is 82.4. The third-order valence-electron chi connectivity index (χ3n) is 19.5. The van der Waals surface area contributed by atoms with Crippen molar-refractivity contribution < 1.29 is 92.3 Å². The standard InChI is InChI=1S/C78H120N14O19/c1-9-47(6)66(75(106)82-48(7)68(99)85-55(38-45(2)3)71(102)89-59(78(110)111)41-51-43-81-53-31-26-25-30-52(51)53)90-69(100)54(35-36-62(79)95)84-74(105)61-32-27-37-92(61)65(98)34-24-19-17-15-13-11-10-12-14-16-18-23-33-64(97)83-60(44-93)73(104)91-67(49(8)94)76(107)87-56(39-46(4)5)70(101)86-57(42-63(80)96)72(103)88-58(77(108)109)40-50-28-21-20-22-29-50/h20-22,25-26,28-31,43,45-49,54-61,66-67,81,93-94H,9-19,23-24,27,32-42,44H2,1-8H3,(H2,79,95)(H2,80,96)(H,82,106)(H,83,97)(H,84,105)(H,85,99)(H,86,101)(H,87,107)(H,88,103)(H,89,102)(H,90,100)(H,91,104)(H,108,109)(H,110,111)/t47-,48-,49+,54-,55-,56-,57-,58-,59-,60-,61-,66-,67-/m0/s1. The third-order valence-corrected chi connectivity index (χ3v) is 19.5. The Hall–Kier alpha value is -10.1. The number of unbranched alkanes of at least 4 members (excludes halogenated alkanes) is 11. The SMILES string of the molecule is CC[C@H](C)[C@H](NC(=O)[C@H](CCC(N)=O)NC(=O)[C@@H]1CCCN1C(=O)CCCCCCCCCCCCCCC(=O)N[C@@H](CO)C(=O)N[C@H](C(=O)N[C@@H](CC(C)C)C(=O)N[C@@H](CC(N)=O)C(=O)N[C@@H](Cc1ccccc1)C(=O)O)[C@@H](C)O)C(=O)N[C@@H](C)C(=O)N[C@@H](CC(C)C)C(=O)N[C@@H](Cc1c[nH]c2ccccc12)C(=O)O. The molecule has 0 spiro atoms. The fourth-order valence-electron chi connectivity index (χ4n) is 13.0. The number of hydrogen-bond acceptors (Lipinski definition) is 17. The minimum atomic E-state index is -1.70. The van der Waals surface area contributed by atoms with Gasteiger partial charge in [-0.15, -0.1) is 0 Å². The van der Waals surface area contributed by atoms with E-state index in [0.29, 0.717) is 49.8 Å². The Labute approximate surface area is 648 Å². The number of hydrogen-bond donors (Lipinski definition) is 17. The number of benzene rings is 2. The van der Waals surface area contributed by atoms with Crippen molar-refractivity contribution in [2.45, 2.75) is 282 Å². The maximum absolute atomic E-state index is 14.1. The van der Waals surface area contributed by atoms with E-state index in [9.17, 15) is 92.3 Å². The number of primary amides is 2. The molecule has 1 fully saturated rings. The zero-order valence-electron chi connectivity index (χ0n) is 65.3. The van der Waals surface area contributed by atoms with Gasteiger partial charge >= 0.3 is 11.9 Å². The van der Waals surface area contributed by atoms with Crippen LogP contribution in [0.15, 0.2) is 60.8 Å². The number of fused-ring (bicyclic) bond motifs is 1. The molecule has 0 saturated carbocycles. The smallest absolute Gasteiger partial charge is 0.326 e. The molecule has 1 saturated heterocycles. The van der Waals surface area contributed by atoms with Crippen molar-refractivity contribution in [1.29, 1.82) is 0 Å². The summed E-state index contributed by atoms with van der Waals surface area (Å²) in [6.07, 6.45) is 10.6. The average molecular weight is 1560 g/mol. The minimum Gasteiger partial charge on any atom is -0.480 e. The van der Waals surface area contributed by atoms with E-state index in [0.717, 1.165) is 75.1 Å². The van der Waals surface area contributed by atoms with Crippen LogP contribution < -0.4 is 64.6 Å². The van der Waals surface area contributed by atoms with Gasteiger partial charge in [0.05, 0.1) is 19.1 Å². The van der Waals surface area contributed by atoms with Crippen molar-refractivity contribution in [2.24, 2.45) is 29.2 Å². The van der Waals surface area contributed by atoms with Gasteiger partial charge in [0.25, 0.3) is 0 Å². The maximum atomic E-state index is 14.1. The molecule has 1 aromatic heterocycles. The van der Waals surface area contributed by atoms with E-state index in [1.165, 1.54) is 18.7 Å². The van der Waals surface area contributed by atoms with Crippen LogP contribution >= 0.6 is 0 Å². The number of nitrogens with zero attached hydrogens (tertiary/aromatic N) is 1. The van der Waals surface area contributed by atoms with Crippen molar-refractivity contribution in [3.05, 3.63) is 71.9 Å². The summed E-state index contributed by atoms with van der Waals surface area (Å²) in [7, 11) is 0. The second-order valence-electron chi connectivity index (χ2n) is 29.9. The number of rotatable bonds is 53. The number of aromatic nitrogens is 1. The molecule has 13 amide bonds. The number of amides is 13. The van der Waals surface area contributed by atoms with Gasteiger partial charge in [-0.3, -0.25) is 62.3 Å². The number of para-hydroxylation sites is 1. The number of carbonyl (C=O) groups is 15. The topological polar surface area (TPSA) is 528 Å². The van der Waals surface area contributed by atoms with Crippen LogP contribution in [0.1, 0.15) is 208 Å². The molecular formula is C78H120N14O19. The van der Waals surface area contributed by atoms with E-state index in [-0.39, 0.29) is 69.1 Å². The highest BCUT2D eigenvalue weighted by Crippen LogP contribution is 2.23. The van der Waals surface area contributed by atoms with Gasteiger partial charge in [0, 0.05) is 55.7 Å². The molecule has 0 aliphatic carbocycles. The Balaban J connectivity index is 1.15. The van der Waals surface area contributed by atoms with E-state index >= 15 is 0 Å². The van der Waals surface area contributed by atoms with Crippen molar-refractivity contribution >= 4 is 99.6 Å². The van der Waals surface area contributed by atoms with Crippen molar-refractivity contribution in [2.75, 3.05) is 13.2 Å². The van der Waals surface area contributed by atoms with E-state index in [4.69, 9.17) is 11.5 Å². The molecule has 13 atom stereocenters. The lowest BCUT2D eigenvalue weighted by atomic mass is 9.97. The number of carboxylic acids is 2. The first-order valence-electron chi connectivity index (χ1n) is 38.9. The molecule has 2 heterocycles. The third kappa shape index (κ3) is 33.2. The summed E-state index contributed by atoms with van der Waals surface area (Å²) >= 11 is 0. The van der Waals surface area contributed by atoms with Crippen molar-refractivity contribution in [1.82, 2.24) is 63.1 Å². The van der Waals surface area contributed by atoms with Gasteiger partial charge in [0.15, 0.2) is 0 Å². The van der Waals surface area contributed by atoms with E-state index in [1.54, 1.807) is 64.2 Å². The number of aliphatic carboxylic acids is 2. The molecule has 19 N–H and O–H groups in total. The normalized spacial score (nSPS) is 16.0. The molecule has 0 unspecified atom stereocenters. The number of nitrogens with two attached hydrogens (primary N) is 2. The fourth-order valence-corrected chi connectivity index (χ4v) is 13.0. The van der Waals surface area contributed by atoms with E-state index in [1.807, 2.05) is 38.1 Å². The molecule has 1 aliphatic heterocycles. The Morgan fingerprint density at radius 1 is 0.495 bits per heavy atom. The van der Waals surface area contributed by atoms with Gasteiger partial charge in [-0.05, 0) is 93.7 Å². The van der Waals surface area contributed by atoms with Crippen molar-refractivity contribution in [3.63, 3.8) is 0 Å². The number of H-pyrrole nitrogens is 1. The van der Waals surface area contributed by atoms with Gasteiger partial charge in [-0.25, -0.2) is 9.59 Å². The zero-order valence-corrected chi connectivity index (χ0v) is 65.3. The first kappa shape index (κ1) is 93.3. The highest BCUT2D eigenvalue weighted by atomic mass is 16.4. The van der Waals surface area contributed by atoms with Crippen LogP contribution in [0.25, 0.3) is 10.9 Å². The molecule has 2 aromatic carbocycles. The van der Waals surface area contributed by atoms with E-state index < -0.39 is 174 Å². The van der Waals surface area contributed by atoms with Crippen LogP contribution in [0, 0.1) is 17.8 Å². The predicted octanol–water partition coefficient (Wildman–Crippen LogP) is 2.09. The Bertz CT molecular complexity index is 3590. The summed E-state index contributed by atoms with van der Waals surface area (Å²) in [6.45, 7) is 12.6. The number of aliphatic hydroxyl groups excluding tert-OH is 2. The highest BCUT2D eigenvalue weighted by Gasteiger charge is 2.40. The van der Waals surface area contributed by atoms with Crippen LogP contribution in [0.5, 0.6) is 0 Å². The van der Waals surface area contributed by atoms with Gasteiger partial charge in [0.1, 0.15) is 66.5 Å². The molecule has 1 aliphatic rings. The molecule has 3 aromatic rings. The van der Waals surface area contributed by atoms with Gasteiger partial charge in [-0.2, -0.15) is 0 Å². The number of carboxylic acid groups (broad SMARTS) is 2. The van der Waals surface area contributed by atoms with Crippen LogP contribution in [-0.4, -0.2) is 205 Å². The summed E-state index contributed by atoms with van der Waals surface area (Å²) < 4.78 is 0. The minimum absolute atomic E-state index is 0.0345. The van der Waals surface area contributed by atoms with Crippen LogP contribution in [0.2, 0.25) is 0 Å². The number of aromatic amines is 1. The van der Waals surface area contributed by atoms with Gasteiger partial charge in [0.2, 0.25) is 76.8 Å². The fraction of sp³-hybridized carbons (Fsp3) is 0.628. The lowest BCUT2D eigenvalue weighted by Gasteiger charge is -2.29. The summed E-state index contributed by atoms with van der Waals surface area (Å²) in [4.78, 5) is 203. The molecule has 111 heavy (non-hydrogen) atoms. The first-order valence-corrected chi connectivity index (χ1v) is 38.9. The van der Waals surface area contributed by atoms with Crippen molar-refractivity contribution in [3.8, 4) is 0 Å². The van der Waals surface area contributed by atoms with Gasteiger partial charge < -0.3 is 94.9 Å². The summed E-state index contributed by atoms with van der Waals surface area (Å²) in [5.41, 5.74) is 12.9. The lowest BCUT2D eigenvalue weighted by molar-refractivity contribution is -0.143. The molecular weight excluding hydrogens is 1440 g/mol. The number of likely N-dealkylation sites (tertiary alicyclic amines) is 1. The van der Waals surface area contributed by atoms with E-state index in [2.05, 4.69) is 58.2 Å². The Morgan fingerprint density at radius 2 is 0.973 bits per heavy atom. The number of aliphatic hydroxyl groups is 2. The monoisotopic (exact) mass is 1560 g/mol. The average Bonchev–Trinajstić information content (AvgIpc) is 1.73. The lowest BCUT2D eigenvalue weighted by Crippen LogP contribution is -2.61. The molecule has 616 valence electrons.